The molecule has 2 saturated carbocycles. The molecule has 2 spiro atoms. The standard InChI is InChI=1S/C17H30N2/c1-2-6-16(5-1)9-11-18-13-14(16)15-17(10-12-19-15)7-3-4-8-17/h14-15,18-19H,1-13H2. The van der Waals surface area contributed by atoms with Gasteiger partial charge in [-0.25, -0.2) is 0 Å². The van der Waals surface area contributed by atoms with Crippen molar-refractivity contribution in [2.75, 3.05) is 19.6 Å². The number of rotatable bonds is 1. The van der Waals surface area contributed by atoms with E-state index in [1.807, 2.05) is 0 Å². The molecule has 2 atom stereocenters. The first-order valence-electron chi connectivity index (χ1n) is 8.79. The third-order valence-corrected chi connectivity index (χ3v) is 7.20. The molecule has 4 fully saturated rings. The van der Waals surface area contributed by atoms with Gasteiger partial charge in [0.25, 0.3) is 0 Å². The normalized spacial score (nSPS) is 40.4. The Labute approximate surface area is 118 Å². The Morgan fingerprint density at radius 2 is 1.32 bits per heavy atom. The smallest absolute Gasteiger partial charge is 0.0170 e. The van der Waals surface area contributed by atoms with Gasteiger partial charge in [0.15, 0.2) is 0 Å². The number of hydrogen-bond donors (Lipinski definition) is 2. The lowest BCUT2D eigenvalue weighted by Gasteiger charge is -2.49. The summed E-state index contributed by atoms with van der Waals surface area (Å²) in [5.74, 6) is 0.921. The molecule has 4 rings (SSSR count). The van der Waals surface area contributed by atoms with E-state index in [1.165, 1.54) is 83.8 Å². The van der Waals surface area contributed by atoms with Crippen LogP contribution in [0.15, 0.2) is 0 Å². The van der Waals surface area contributed by atoms with Crippen LogP contribution in [0.1, 0.15) is 64.2 Å². The molecule has 2 N–H and O–H groups in total. The minimum atomic E-state index is 0.694. The SMILES string of the molecule is C1CCC2(C1)CCNCC2C1NCCC12CCCC2. The fourth-order valence-electron chi connectivity index (χ4n) is 6.23. The molecule has 2 heterocycles. The summed E-state index contributed by atoms with van der Waals surface area (Å²) in [6.45, 7) is 3.85. The molecule has 2 nitrogen and oxygen atoms in total. The van der Waals surface area contributed by atoms with Gasteiger partial charge in [-0.05, 0) is 74.9 Å². The molecule has 2 aliphatic carbocycles. The first-order chi connectivity index (χ1) is 9.35. The second-order valence-electron chi connectivity index (χ2n) is 7.88. The molecule has 108 valence electrons. The molecular formula is C17H30N2. The molecule has 0 amide bonds. The average Bonchev–Trinajstić information content (AvgIpc) is 3.15. The van der Waals surface area contributed by atoms with Crippen LogP contribution in [-0.2, 0) is 0 Å². The maximum Gasteiger partial charge on any atom is 0.0170 e. The summed E-state index contributed by atoms with van der Waals surface area (Å²) < 4.78 is 0. The predicted octanol–water partition coefficient (Wildman–Crippen LogP) is 3.08. The summed E-state index contributed by atoms with van der Waals surface area (Å²) in [6.07, 6.45) is 15.0. The molecule has 0 aromatic heterocycles. The Kier molecular flexibility index (Phi) is 3.15. The van der Waals surface area contributed by atoms with E-state index in [9.17, 15) is 0 Å². The lowest BCUT2D eigenvalue weighted by atomic mass is 9.61. The van der Waals surface area contributed by atoms with Crippen molar-refractivity contribution in [1.29, 1.82) is 0 Å². The highest BCUT2D eigenvalue weighted by Gasteiger charge is 2.54. The Balaban J connectivity index is 1.62. The molecule has 2 unspecified atom stereocenters. The Morgan fingerprint density at radius 3 is 2.05 bits per heavy atom. The van der Waals surface area contributed by atoms with Crippen molar-refractivity contribution in [3.63, 3.8) is 0 Å². The molecule has 2 heteroatoms. The Bertz CT molecular complexity index is 321. The van der Waals surface area contributed by atoms with E-state index in [2.05, 4.69) is 10.6 Å². The van der Waals surface area contributed by atoms with Crippen molar-refractivity contribution in [1.82, 2.24) is 10.6 Å². The van der Waals surface area contributed by atoms with Crippen molar-refractivity contribution in [3.8, 4) is 0 Å². The minimum absolute atomic E-state index is 0.694. The van der Waals surface area contributed by atoms with Gasteiger partial charge in [0.2, 0.25) is 0 Å². The number of piperidine rings is 1. The lowest BCUT2D eigenvalue weighted by Crippen LogP contribution is -2.55. The topological polar surface area (TPSA) is 24.1 Å². The second-order valence-corrected chi connectivity index (χ2v) is 7.88. The van der Waals surface area contributed by atoms with Crippen molar-refractivity contribution >= 4 is 0 Å². The van der Waals surface area contributed by atoms with E-state index in [0.29, 0.717) is 10.8 Å². The van der Waals surface area contributed by atoms with Gasteiger partial charge < -0.3 is 10.6 Å². The van der Waals surface area contributed by atoms with Crippen LogP contribution in [0.2, 0.25) is 0 Å². The van der Waals surface area contributed by atoms with E-state index >= 15 is 0 Å². The van der Waals surface area contributed by atoms with Crippen LogP contribution in [-0.4, -0.2) is 25.7 Å². The highest BCUT2D eigenvalue weighted by Crippen LogP contribution is 2.56. The molecule has 2 aliphatic heterocycles. The van der Waals surface area contributed by atoms with Gasteiger partial charge in [-0.1, -0.05) is 25.7 Å². The molecule has 4 aliphatic rings. The van der Waals surface area contributed by atoms with Gasteiger partial charge in [0.1, 0.15) is 0 Å². The van der Waals surface area contributed by atoms with Crippen molar-refractivity contribution in [3.05, 3.63) is 0 Å². The Hall–Kier alpha value is -0.0800. The first-order valence-corrected chi connectivity index (χ1v) is 8.79. The third kappa shape index (κ3) is 1.90. The molecule has 0 aromatic carbocycles. The maximum atomic E-state index is 3.97. The van der Waals surface area contributed by atoms with Crippen molar-refractivity contribution in [2.24, 2.45) is 16.7 Å². The Morgan fingerprint density at radius 1 is 0.684 bits per heavy atom. The summed E-state index contributed by atoms with van der Waals surface area (Å²) in [5, 5.41) is 7.70. The highest BCUT2D eigenvalue weighted by atomic mass is 15.0. The van der Waals surface area contributed by atoms with E-state index < -0.39 is 0 Å². The van der Waals surface area contributed by atoms with Crippen molar-refractivity contribution < 1.29 is 0 Å². The lowest BCUT2D eigenvalue weighted by molar-refractivity contribution is 0.0434. The summed E-state index contributed by atoms with van der Waals surface area (Å²) in [6, 6.07) is 0.834. The quantitative estimate of drug-likeness (QED) is 0.759. The van der Waals surface area contributed by atoms with Gasteiger partial charge in [0, 0.05) is 6.04 Å². The molecule has 0 radical (unpaired) electrons. The molecule has 19 heavy (non-hydrogen) atoms. The summed E-state index contributed by atoms with van der Waals surface area (Å²) in [7, 11) is 0. The van der Waals surface area contributed by atoms with Gasteiger partial charge in [0.05, 0.1) is 0 Å². The van der Waals surface area contributed by atoms with Crippen LogP contribution in [0.25, 0.3) is 0 Å². The van der Waals surface area contributed by atoms with Gasteiger partial charge in [-0.3, -0.25) is 0 Å². The molecular weight excluding hydrogens is 232 g/mol. The van der Waals surface area contributed by atoms with Crippen LogP contribution in [0.3, 0.4) is 0 Å². The third-order valence-electron chi connectivity index (χ3n) is 7.20. The zero-order chi connectivity index (χ0) is 12.8. The predicted molar refractivity (Wildman–Crippen MR) is 79.2 cm³/mol. The van der Waals surface area contributed by atoms with Crippen LogP contribution >= 0.6 is 0 Å². The fourth-order valence-corrected chi connectivity index (χ4v) is 6.23. The first kappa shape index (κ1) is 12.6. The summed E-state index contributed by atoms with van der Waals surface area (Å²) in [4.78, 5) is 0. The molecule has 0 bridgehead atoms. The molecule has 2 saturated heterocycles. The fraction of sp³-hybridized carbons (Fsp3) is 1.00. The van der Waals surface area contributed by atoms with E-state index in [1.54, 1.807) is 0 Å². The zero-order valence-corrected chi connectivity index (χ0v) is 12.3. The largest absolute Gasteiger partial charge is 0.316 e. The molecule has 0 aromatic rings. The van der Waals surface area contributed by atoms with E-state index in [4.69, 9.17) is 0 Å². The van der Waals surface area contributed by atoms with Gasteiger partial charge in [-0.2, -0.15) is 0 Å². The zero-order valence-electron chi connectivity index (χ0n) is 12.3. The van der Waals surface area contributed by atoms with Crippen LogP contribution in [0, 0.1) is 16.7 Å². The second kappa shape index (κ2) is 4.73. The minimum Gasteiger partial charge on any atom is -0.316 e. The summed E-state index contributed by atoms with van der Waals surface area (Å²) >= 11 is 0. The van der Waals surface area contributed by atoms with Gasteiger partial charge in [-0.15, -0.1) is 0 Å². The number of nitrogens with one attached hydrogen (secondary N) is 2. The maximum absolute atomic E-state index is 3.97. The highest BCUT2D eigenvalue weighted by molar-refractivity contribution is 5.09. The van der Waals surface area contributed by atoms with E-state index in [-0.39, 0.29) is 0 Å². The average molecular weight is 262 g/mol. The monoisotopic (exact) mass is 262 g/mol. The van der Waals surface area contributed by atoms with Crippen LogP contribution < -0.4 is 10.6 Å². The van der Waals surface area contributed by atoms with E-state index in [0.717, 1.165) is 12.0 Å². The van der Waals surface area contributed by atoms with Crippen molar-refractivity contribution in [2.45, 2.75) is 70.3 Å². The number of hydrogen-bond acceptors (Lipinski definition) is 2. The summed E-state index contributed by atoms with van der Waals surface area (Å²) in [5.41, 5.74) is 1.40. The van der Waals surface area contributed by atoms with Crippen LogP contribution in [0.4, 0.5) is 0 Å². The van der Waals surface area contributed by atoms with Crippen LogP contribution in [0.5, 0.6) is 0 Å². The van der Waals surface area contributed by atoms with Gasteiger partial charge >= 0.3 is 0 Å².